The van der Waals surface area contributed by atoms with Gasteiger partial charge in [0, 0.05) is 19.4 Å². The van der Waals surface area contributed by atoms with Crippen LogP contribution in [0.25, 0.3) is 5.65 Å². The van der Waals surface area contributed by atoms with Gasteiger partial charge in [0.1, 0.15) is 0 Å². The summed E-state index contributed by atoms with van der Waals surface area (Å²) in [6.07, 6.45) is 5.03. The van der Waals surface area contributed by atoms with E-state index in [2.05, 4.69) is 10.3 Å². The zero-order valence-corrected chi connectivity index (χ0v) is 5.93. The lowest BCUT2D eigenvalue weighted by Crippen LogP contribution is -1.84. The predicted octanol–water partition coefficient (Wildman–Crippen LogP) is 1.07. The highest BCUT2D eigenvalue weighted by molar-refractivity contribution is 5.63. The molecule has 0 N–H and O–H groups in total. The molecule has 0 spiro atoms. The summed E-state index contributed by atoms with van der Waals surface area (Å²) in [6, 6.07) is 0. The number of aryl methyl sites for hydroxylation is 1. The van der Waals surface area contributed by atoms with Crippen molar-refractivity contribution >= 4 is 11.3 Å². The van der Waals surface area contributed by atoms with Crippen molar-refractivity contribution in [2.75, 3.05) is 0 Å². The Balaban J connectivity index is 2.90. The second kappa shape index (κ2) is 1.91. The molecule has 5 nitrogen and oxygen atoms in total. The molecular weight excluding hydrogens is 144 g/mol. The molecule has 56 valence electrons. The molecule has 11 heavy (non-hydrogen) atoms. The van der Waals surface area contributed by atoms with E-state index in [0.717, 1.165) is 5.65 Å². The van der Waals surface area contributed by atoms with Crippen LogP contribution in [0.1, 0.15) is 0 Å². The van der Waals surface area contributed by atoms with Crippen molar-refractivity contribution in [3.8, 4) is 0 Å². The first-order chi connectivity index (χ1) is 5.33. The standard InChI is InChI=1S/C6H6N4O/c1-9-2-3-10-6(9)5(8-11)4-7-10/h2-4H,1H3. The van der Waals surface area contributed by atoms with Gasteiger partial charge < -0.3 is 4.57 Å². The van der Waals surface area contributed by atoms with Crippen molar-refractivity contribution in [2.45, 2.75) is 0 Å². The highest BCUT2D eigenvalue weighted by Gasteiger charge is 2.05. The first kappa shape index (κ1) is 6.09. The van der Waals surface area contributed by atoms with Crippen LogP contribution in [0.15, 0.2) is 23.8 Å². The van der Waals surface area contributed by atoms with Crippen LogP contribution in [0, 0.1) is 4.91 Å². The number of imidazole rings is 1. The van der Waals surface area contributed by atoms with Gasteiger partial charge >= 0.3 is 0 Å². The lowest BCUT2D eigenvalue weighted by Gasteiger charge is -1.88. The maximum atomic E-state index is 10.2. The van der Waals surface area contributed by atoms with Crippen molar-refractivity contribution in [3.63, 3.8) is 0 Å². The van der Waals surface area contributed by atoms with Gasteiger partial charge in [0.05, 0.1) is 6.20 Å². The monoisotopic (exact) mass is 150 g/mol. The number of hydrogen-bond acceptors (Lipinski definition) is 3. The van der Waals surface area contributed by atoms with Crippen LogP contribution in [0.2, 0.25) is 0 Å². The number of hydrogen-bond donors (Lipinski definition) is 0. The normalized spacial score (nSPS) is 10.6. The van der Waals surface area contributed by atoms with Gasteiger partial charge in [-0.25, -0.2) is 4.52 Å². The van der Waals surface area contributed by atoms with Gasteiger partial charge in [-0.3, -0.25) is 0 Å². The van der Waals surface area contributed by atoms with E-state index in [4.69, 9.17) is 0 Å². The molecule has 0 radical (unpaired) electrons. The topological polar surface area (TPSA) is 51.7 Å². The van der Waals surface area contributed by atoms with E-state index < -0.39 is 0 Å². The summed E-state index contributed by atoms with van der Waals surface area (Å²) in [4.78, 5) is 10.2. The molecule has 0 aliphatic rings. The van der Waals surface area contributed by atoms with E-state index in [1.165, 1.54) is 6.20 Å². The van der Waals surface area contributed by atoms with Crippen molar-refractivity contribution < 1.29 is 0 Å². The fraction of sp³-hybridized carbons (Fsp3) is 0.167. The van der Waals surface area contributed by atoms with Gasteiger partial charge in [0.15, 0.2) is 11.3 Å². The molecule has 5 heteroatoms. The Morgan fingerprint density at radius 3 is 3.09 bits per heavy atom. The summed E-state index contributed by atoms with van der Waals surface area (Å²) in [6.45, 7) is 0. The molecule has 2 heterocycles. The minimum Gasteiger partial charge on any atom is -0.333 e. The first-order valence-corrected chi connectivity index (χ1v) is 3.15. The molecule has 2 rings (SSSR count). The maximum Gasteiger partial charge on any atom is 0.170 e. The molecule has 0 aliphatic carbocycles. The van der Waals surface area contributed by atoms with Crippen molar-refractivity contribution in [3.05, 3.63) is 23.5 Å². The average molecular weight is 150 g/mol. The predicted molar refractivity (Wildman–Crippen MR) is 39.6 cm³/mol. The molecule has 0 bridgehead atoms. The second-order valence-corrected chi connectivity index (χ2v) is 2.30. The first-order valence-electron chi connectivity index (χ1n) is 3.15. The molecule has 2 aromatic rings. The summed E-state index contributed by atoms with van der Waals surface area (Å²) >= 11 is 0. The van der Waals surface area contributed by atoms with E-state index in [0.29, 0.717) is 5.69 Å². The fourth-order valence-electron chi connectivity index (χ4n) is 1.10. The number of fused-ring (bicyclic) bond motifs is 1. The smallest absolute Gasteiger partial charge is 0.170 e. The molecule has 0 aromatic carbocycles. The lowest BCUT2D eigenvalue weighted by molar-refractivity contribution is 0.928. The Hall–Kier alpha value is -1.65. The number of rotatable bonds is 1. The molecule has 0 atom stereocenters. The third-order valence-corrected chi connectivity index (χ3v) is 1.61. The van der Waals surface area contributed by atoms with Gasteiger partial charge in [-0.1, -0.05) is 0 Å². The van der Waals surface area contributed by atoms with Gasteiger partial charge in [0.2, 0.25) is 0 Å². The molecule has 0 amide bonds. The third kappa shape index (κ3) is 0.674. The lowest BCUT2D eigenvalue weighted by atomic mass is 10.5. The van der Waals surface area contributed by atoms with Gasteiger partial charge in [0.25, 0.3) is 0 Å². The SMILES string of the molecule is Cn1ccn2ncc(N=O)c12. The quantitative estimate of drug-likeness (QED) is 0.571. The minimum absolute atomic E-state index is 0.373. The summed E-state index contributed by atoms with van der Waals surface area (Å²) in [7, 11) is 1.84. The van der Waals surface area contributed by atoms with Crippen molar-refractivity contribution in [1.29, 1.82) is 0 Å². The molecular formula is C6H6N4O. The second-order valence-electron chi connectivity index (χ2n) is 2.30. The van der Waals surface area contributed by atoms with E-state index in [1.54, 1.807) is 15.3 Å². The Morgan fingerprint density at radius 2 is 2.36 bits per heavy atom. The van der Waals surface area contributed by atoms with E-state index >= 15 is 0 Å². The van der Waals surface area contributed by atoms with E-state index in [1.807, 2.05) is 13.2 Å². The number of nitroso groups, excluding NO2 is 1. The van der Waals surface area contributed by atoms with E-state index in [9.17, 15) is 4.91 Å². The van der Waals surface area contributed by atoms with Crippen LogP contribution < -0.4 is 0 Å². The van der Waals surface area contributed by atoms with Crippen LogP contribution in [0.5, 0.6) is 0 Å². The Labute approximate surface area is 62.2 Å². The van der Waals surface area contributed by atoms with Crippen molar-refractivity contribution in [2.24, 2.45) is 12.2 Å². The van der Waals surface area contributed by atoms with Crippen LogP contribution in [-0.2, 0) is 7.05 Å². The number of aromatic nitrogens is 3. The Morgan fingerprint density at radius 1 is 1.55 bits per heavy atom. The third-order valence-electron chi connectivity index (χ3n) is 1.61. The summed E-state index contributed by atoms with van der Waals surface area (Å²) < 4.78 is 3.40. The number of nitrogens with zero attached hydrogens (tertiary/aromatic N) is 4. The zero-order chi connectivity index (χ0) is 7.84. The van der Waals surface area contributed by atoms with Gasteiger partial charge in [-0.15, -0.1) is 4.91 Å². The van der Waals surface area contributed by atoms with Gasteiger partial charge in [-0.05, 0) is 5.18 Å². The zero-order valence-electron chi connectivity index (χ0n) is 5.93. The largest absolute Gasteiger partial charge is 0.333 e. The highest BCUT2D eigenvalue weighted by atomic mass is 16.3. The maximum absolute atomic E-state index is 10.2. The highest BCUT2D eigenvalue weighted by Crippen LogP contribution is 2.18. The Kier molecular flexibility index (Phi) is 1.06. The minimum atomic E-state index is 0.373. The summed E-state index contributed by atoms with van der Waals surface area (Å²) in [5.74, 6) is 0. The molecule has 0 aliphatic heterocycles. The fourth-order valence-corrected chi connectivity index (χ4v) is 1.10. The van der Waals surface area contributed by atoms with Crippen LogP contribution in [0.3, 0.4) is 0 Å². The molecule has 2 aromatic heterocycles. The summed E-state index contributed by atoms with van der Waals surface area (Å²) in [5.41, 5.74) is 1.09. The molecule has 0 saturated carbocycles. The summed E-state index contributed by atoms with van der Waals surface area (Å²) in [5, 5.41) is 6.75. The molecule has 0 fully saturated rings. The van der Waals surface area contributed by atoms with Crippen molar-refractivity contribution in [1.82, 2.24) is 14.2 Å². The average Bonchev–Trinajstić information content (AvgIpc) is 2.54. The van der Waals surface area contributed by atoms with Gasteiger partial charge in [-0.2, -0.15) is 5.10 Å². The molecule has 0 saturated heterocycles. The Bertz CT molecular complexity index is 400. The van der Waals surface area contributed by atoms with Crippen LogP contribution in [0.4, 0.5) is 5.69 Å². The van der Waals surface area contributed by atoms with E-state index in [-0.39, 0.29) is 0 Å². The van der Waals surface area contributed by atoms with Crippen LogP contribution in [-0.4, -0.2) is 14.2 Å². The van der Waals surface area contributed by atoms with Crippen LogP contribution >= 0.6 is 0 Å². The molecule has 0 unspecified atom stereocenters.